The van der Waals surface area contributed by atoms with Gasteiger partial charge in [0.05, 0.1) is 34.1 Å². The molecule has 0 aromatic heterocycles. The zero-order valence-electron chi connectivity index (χ0n) is 24.7. The number of rotatable bonds is 12. The Morgan fingerprint density at radius 2 is 0.745 bits per heavy atom. The zero-order chi connectivity index (χ0) is 34.4. The highest BCUT2D eigenvalue weighted by Crippen LogP contribution is 2.29. The van der Waals surface area contributed by atoms with E-state index >= 15 is 0 Å². The Bertz CT molecular complexity index is 1740. The SMILES string of the molecule is CC(C(=O)OC(=O)C(C)c1ccc(Oc2ccc(C(=O)O)c(C(=O)O)c2)cc1)c1ccc(Oc2ccc(C(=O)O)c(C(=O)O)c2)cc1. The van der Waals surface area contributed by atoms with Crippen LogP contribution < -0.4 is 9.47 Å². The summed E-state index contributed by atoms with van der Waals surface area (Å²) in [6, 6.07) is 19.4. The van der Waals surface area contributed by atoms with Gasteiger partial charge < -0.3 is 34.6 Å². The molecule has 0 saturated heterocycles. The largest absolute Gasteiger partial charge is 0.478 e. The molecule has 0 aliphatic rings. The molecule has 0 radical (unpaired) electrons. The first-order valence-electron chi connectivity index (χ1n) is 13.8. The molecular weight excluding hydrogens is 616 g/mol. The first-order chi connectivity index (χ1) is 22.2. The van der Waals surface area contributed by atoms with E-state index in [4.69, 9.17) is 24.4 Å². The summed E-state index contributed by atoms with van der Waals surface area (Å²) in [6.07, 6.45) is 0. The Kier molecular flexibility index (Phi) is 10.00. The molecule has 0 aliphatic heterocycles. The third kappa shape index (κ3) is 7.97. The van der Waals surface area contributed by atoms with E-state index in [2.05, 4.69) is 0 Å². The number of carbonyl (C=O) groups excluding carboxylic acids is 2. The van der Waals surface area contributed by atoms with E-state index in [9.17, 15) is 39.0 Å². The van der Waals surface area contributed by atoms with Crippen molar-refractivity contribution in [1.29, 1.82) is 0 Å². The predicted octanol–water partition coefficient (Wildman–Crippen LogP) is 6.04. The lowest BCUT2D eigenvalue weighted by Gasteiger charge is -2.15. The average Bonchev–Trinajstić information content (AvgIpc) is 3.04. The van der Waals surface area contributed by atoms with Crippen molar-refractivity contribution in [1.82, 2.24) is 0 Å². The fraction of sp³-hybridized carbons (Fsp3) is 0.118. The van der Waals surface area contributed by atoms with Crippen LogP contribution in [0.15, 0.2) is 84.9 Å². The molecule has 0 heterocycles. The maximum Gasteiger partial charge on any atom is 0.336 e. The van der Waals surface area contributed by atoms with Gasteiger partial charge in [-0.15, -0.1) is 0 Å². The summed E-state index contributed by atoms with van der Waals surface area (Å²) in [6.45, 7) is 3.09. The summed E-state index contributed by atoms with van der Waals surface area (Å²) in [5.41, 5.74) is -0.651. The minimum absolute atomic E-state index is 0.0912. The first-order valence-corrected chi connectivity index (χ1v) is 13.8. The van der Waals surface area contributed by atoms with Crippen molar-refractivity contribution in [3.63, 3.8) is 0 Å². The Morgan fingerprint density at radius 1 is 0.447 bits per heavy atom. The highest BCUT2D eigenvalue weighted by molar-refractivity contribution is 6.02. The van der Waals surface area contributed by atoms with Crippen LogP contribution in [0.5, 0.6) is 23.0 Å². The van der Waals surface area contributed by atoms with E-state index in [1.165, 1.54) is 36.4 Å². The predicted molar refractivity (Wildman–Crippen MR) is 162 cm³/mol. The van der Waals surface area contributed by atoms with Crippen molar-refractivity contribution in [2.45, 2.75) is 25.7 Å². The second kappa shape index (κ2) is 14.1. The summed E-state index contributed by atoms with van der Waals surface area (Å²) < 4.78 is 16.4. The van der Waals surface area contributed by atoms with E-state index in [1.54, 1.807) is 38.1 Å². The first kappa shape index (κ1) is 33.4. The number of hydrogen-bond donors (Lipinski definition) is 4. The van der Waals surface area contributed by atoms with Gasteiger partial charge in [-0.2, -0.15) is 0 Å². The lowest BCUT2D eigenvalue weighted by atomic mass is 10.00. The maximum absolute atomic E-state index is 12.8. The molecule has 4 rings (SSSR count). The molecule has 0 aliphatic carbocycles. The van der Waals surface area contributed by atoms with Crippen LogP contribution in [0.1, 0.15) is 78.2 Å². The van der Waals surface area contributed by atoms with Crippen LogP contribution in [-0.4, -0.2) is 56.2 Å². The van der Waals surface area contributed by atoms with Gasteiger partial charge in [0.2, 0.25) is 0 Å². The number of hydrogen-bond acceptors (Lipinski definition) is 9. The van der Waals surface area contributed by atoms with Crippen LogP contribution >= 0.6 is 0 Å². The minimum atomic E-state index is -1.43. The average molecular weight is 643 g/mol. The lowest BCUT2D eigenvalue weighted by Crippen LogP contribution is -2.21. The molecule has 4 aromatic rings. The third-order valence-electron chi connectivity index (χ3n) is 7.04. The fourth-order valence-electron chi connectivity index (χ4n) is 4.37. The molecule has 4 N–H and O–H groups in total. The number of carboxylic acid groups (broad SMARTS) is 4. The van der Waals surface area contributed by atoms with Crippen molar-refractivity contribution >= 4 is 35.8 Å². The molecule has 2 atom stereocenters. The maximum atomic E-state index is 12.8. The van der Waals surface area contributed by atoms with Gasteiger partial charge in [0.15, 0.2) is 0 Å². The summed E-state index contributed by atoms with van der Waals surface area (Å²) in [5, 5.41) is 36.9. The quantitative estimate of drug-likeness (QED) is 0.103. The van der Waals surface area contributed by atoms with Crippen molar-refractivity contribution < 1.29 is 63.4 Å². The second-order valence-corrected chi connectivity index (χ2v) is 10.2. The van der Waals surface area contributed by atoms with Gasteiger partial charge in [-0.05, 0) is 85.6 Å². The monoisotopic (exact) mass is 642 g/mol. The van der Waals surface area contributed by atoms with E-state index in [0.717, 1.165) is 24.3 Å². The number of ether oxygens (including phenoxy) is 3. The van der Waals surface area contributed by atoms with Crippen LogP contribution in [0.3, 0.4) is 0 Å². The molecule has 2 unspecified atom stereocenters. The molecule has 0 spiro atoms. The molecule has 240 valence electrons. The van der Waals surface area contributed by atoms with E-state index in [1.807, 2.05) is 0 Å². The highest BCUT2D eigenvalue weighted by atomic mass is 16.6. The third-order valence-corrected chi connectivity index (χ3v) is 7.04. The topological polar surface area (TPSA) is 211 Å². The van der Waals surface area contributed by atoms with Crippen LogP contribution in [0.4, 0.5) is 0 Å². The van der Waals surface area contributed by atoms with Gasteiger partial charge in [0.25, 0.3) is 0 Å². The number of carbonyl (C=O) groups is 6. The van der Waals surface area contributed by atoms with Crippen LogP contribution in [-0.2, 0) is 14.3 Å². The van der Waals surface area contributed by atoms with Gasteiger partial charge in [-0.25, -0.2) is 19.2 Å². The normalized spacial score (nSPS) is 11.9. The van der Waals surface area contributed by atoms with Crippen LogP contribution in [0.2, 0.25) is 0 Å². The van der Waals surface area contributed by atoms with Crippen molar-refractivity contribution in [2.75, 3.05) is 0 Å². The number of esters is 2. The standard InChI is InChI=1S/C34H26O13/c1-17(19-3-7-21(8-4-19)45-23-11-13-25(29(35)36)27(15-23)31(39)40)33(43)47-34(44)18(2)20-5-9-22(10-6-20)46-24-12-14-26(30(37)38)28(16-24)32(41)42/h3-18H,1-2H3,(H,35,36)(H,37,38)(H,39,40)(H,41,42). The Labute approximate surface area is 266 Å². The molecule has 4 aromatic carbocycles. The Balaban J connectivity index is 1.36. The Morgan fingerprint density at radius 3 is 1.04 bits per heavy atom. The molecule has 47 heavy (non-hydrogen) atoms. The molecule has 0 bridgehead atoms. The highest BCUT2D eigenvalue weighted by Gasteiger charge is 2.25. The van der Waals surface area contributed by atoms with Gasteiger partial charge >= 0.3 is 35.8 Å². The van der Waals surface area contributed by atoms with Crippen molar-refractivity contribution in [3.8, 4) is 23.0 Å². The van der Waals surface area contributed by atoms with Crippen molar-refractivity contribution in [2.24, 2.45) is 0 Å². The second-order valence-electron chi connectivity index (χ2n) is 10.2. The van der Waals surface area contributed by atoms with E-state index < -0.39 is 58.8 Å². The van der Waals surface area contributed by atoms with Crippen LogP contribution in [0.25, 0.3) is 0 Å². The zero-order valence-corrected chi connectivity index (χ0v) is 24.7. The lowest BCUT2D eigenvalue weighted by molar-refractivity contribution is -0.161. The fourth-order valence-corrected chi connectivity index (χ4v) is 4.37. The minimum Gasteiger partial charge on any atom is -0.478 e. The molecule has 0 saturated carbocycles. The summed E-state index contributed by atoms with van der Waals surface area (Å²) in [5.74, 6) is -8.17. The molecule has 13 nitrogen and oxygen atoms in total. The number of carboxylic acids is 4. The molecule has 13 heteroatoms. The summed E-state index contributed by atoms with van der Waals surface area (Å²) in [7, 11) is 0. The molecular formula is C34H26O13. The summed E-state index contributed by atoms with van der Waals surface area (Å²) >= 11 is 0. The van der Waals surface area contributed by atoms with Gasteiger partial charge in [0, 0.05) is 0 Å². The van der Waals surface area contributed by atoms with Crippen molar-refractivity contribution in [3.05, 3.63) is 118 Å². The number of benzene rings is 4. The van der Waals surface area contributed by atoms with E-state index in [-0.39, 0.29) is 34.1 Å². The van der Waals surface area contributed by atoms with Gasteiger partial charge in [-0.1, -0.05) is 24.3 Å². The van der Waals surface area contributed by atoms with Gasteiger partial charge in [-0.3, -0.25) is 9.59 Å². The summed E-state index contributed by atoms with van der Waals surface area (Å²) in [4.78, 5) is 70.9. The smallest absolute Gasteiger partial charge is 0.336 e. The number of aromatic carboxylic acids is 4. The Hall–Kier alpha value is -6.50. The van der Waals surface area contributed by atoms with Gasteiger partial charge in [0.1, 0.15) is 23.0 Å². The molecule has 0 amide bonds. The molecule has 0 fully saturated rings. The van der Waals surface area contributed by atoms with E-state index in [0.29, 0.717) is 11.1 Å². The van der Waals surface area contributed by atoms with Crippen LogP contribution in [0, 0.1) is 0 Å².